The van der Waals surface area contributed by atoms with Gasteiger partial charge in [-0.2, -0.15) is 0 Å². The molecule has 0 saturated heterocycles. The number of aromatic nitrogens is 2. The van der Waals surface area contributed by atoms with E-state index >= 15 is 0 Å². The van der Waals surface area contributed by atoms with Crippen LogP contribution in [0.25, 0.3) is 0 Å². The van der Waals surface area contributed by atoms with E-state index in [9.17, 15) is 9.59 Å². The predicted octanol–water partition coefficient (Wildman–Crippen LogP) is 1.71. The molecule has 2 aromatic rings. The first-order valence-corrected chi connectivity index (χ1v) is 7.59. The van der Waals surface area contributed by atoms with Crippen LogP contribution >= 0.6 is 0 Å². The number of ketones is 1. The number of amides is 1. The Morgan fingerprint density at radius 2 is 2.00 bits per heavy atom. The molecule has 7 heteroatoms. The van der Waals surface area contributed by atoms with E-state index in [1.807, 2.05) is 19.0 Å². The van der Waals surface area contributed by atoms with E-state index in [4.69, 9.17) is 0 Å². The molecule has 0 saturated carbocycles. The molecule has 126 valence electrons. The summed E-state index contributed by atoms with van der Waals surface area (Å²) >= 11 is 0. The molecule has 1 aromatic carbocycles. The lowest BCUT2D eigenvalue weighted by Gasteiger charge is -2.10. The number of hydrogen-bond acceptors (Lipinski definition) is 6. The van der Waals surface area contributed by atoms with Crippen molar-refractivity contribution in [1.82, 2.24) is 20.2 Å². The highest BCUT2D eigenvalue weighted by atomic mass is 16.2. The summed E-state index contributed by atoms with van der Waals surface area (Å²) in [5, 5.41) is 5.81. The van der Waals surface area contributed by atoms with Crippen LogP contribution in [-0.4, -0.2) is 53.7 Å². The Balaban J connectivity index is 2.06. The van der Waals surface area contributed by atoms with Crippen LogP contribution in [0.3, 0.4) is 0 Å². The lowest BCUT2D eigenvalue weighted by atomic mass is 10.1. The van der Waals surface area contributed by atoms with Gasteiger partial charge >= 0.3 is 0 Å². The van der Waals surface area contributed by atoms with Crippen LogP contribution in [0.4, 0.5) is 11.6 Å². The largest absolute Gasteiger partial charge is 0.349 e. The fourth-order valence-electron chi connectivity index (χ4n) is 1.97. The van der Waals surface area contributed by atoms with Crippen molar-refractivity contribution < 1.29 is 9.59 Å². The van der Waals surface area contributed by atoms with Crippen molar-refractivity contribution in [1.29, 1.82) is 0 Å². The highest BCUT2D eigenvalue weighted by Gasteiger charge is 2.09. The number of Topliss-reactive ketones (excluding diaryl/α,β-unsaturated/α-hetero) is 1. The van der Waals surface area contributed by atoms with E-state index in [1.54, 1.807) is 30.3 Å². The van der Waals surface area contributed by atoms with Crippen LogP contribution < -0.4 is 10.6 Å². The lowest BCUT2D eigenvalue weighted by molar-refractivity contribution is 0.0945. The molecule has 0 unspecified atom stereocenters. The van der Waals surface area contributed by atoms with Crippen LogP contribution in [0, 0.1) is 0 Å². The summed E-state index contributed by atoms with van der Waals surface area (Å²) in [5.74, 6) is 0.0318. The van der Waals surface area contributed by atoms with E-state index in [1.165, 1.54) is 13.1 Å². The zero-order chi connectivity index (χ0) is 17.5. The summed E-state index contributed by atoms with van der Waals surface area (Å²) in [6.45, 7) is 2.80. The number of carbonyl (C=O) groups excluding carboxylic acids is 2. The number of nitrogens with one attached hydrogen (secondary N) is 2. The molecule has 0 fully saturated rings. The van der Waals surface area contributed by atoms with Crippen molar-refractivity contribution in [3.05, 3.63) is 47.8 Å². The number of likely N-dealkylation sites (N-methyl/N-ethyl adjacent to an activating group) is 1. The van der Waals surface area contributed by atoms with Crippen molar-refractivity contribution in [2.45, 2.75) is 6.92 Å². The third-order valence-corrected chi connectivity index (χ3v) is 3.26. The van der Waals surface area contributed by atoms with Gasteiger partial charge in [0.1, 0.15) is 5.69 Å². The molecule has 0 aliphatic rings. The average Bonchev–Trinajstić information content (AvgIpc) is 2.55. The van der Waals surface area contributed by atoms with Gasteiger partial charge in [0.05, 0.1) is 0 Å². The first kappa shape index (κ1) is 17.6. The molecular formula is C17H21N5O2. The maximum atomic E-state index is 12.1. The van der Waals surface area contributed by atoms with Gasteiger partial charge in [0.2, 0.25) is 5.95 Å². The zero-order valence-corrected chi connectivity index (χ0v) is 14.0. The van der Waals surface area contributed by atoms with Crippen LogP contribution in [0.5, 0.6) is 0 Å². The number of hydrogen-bond donors (Lipinski definition) is 2. The minimum atomic E-state index is -0.250. The standard InChI is InChI=1S/C17H21N5O2/c1-12(23)13-5-4-6-14(11-13)20-17-19-8-7-15(21-17)16(24)18-9-10-22(2)3/h4-8,11H,9-10H2,1-3H3,(H,18,24)(H,19,20,21). The van der Waals surface area contributed by atoms with Crippen LogP contribution in [0.15, 0.2) is 36.5 Å². The van der Waals surface area contributed by atoms with Gasteiger partial charge in [-0.1, -0.05) is 12.1 Å². The van der Waals surface area contributed by atoms with Gasteiger partial charge in [-0.15, -0.1) is 0 Å². The van der Waals surface area contributed by atoms with Crippen LogP contribution in [-0.2, 0) is 0 Å². The summed E-state index contributed by atoms with van der Waals surface area (Å²) in [7, 11) is 3.88. The molecule has 1 heterocycles. The molecule has 0 atom stereocenters. The van der Waals surface area contributed by atoms with Gasteiger partial charge in [0.25, 0.3) is 5.91 Å². The quantitative estimate of drug-likeness (QED) is 0.753. The topological polar surface area (TPSA) is 87.2 Å². The van der Waals surface area contributed by atoms with Crippen LogP contribution in [0.2, 0.25) is 0 Å². The highest BCUT2D eigenvalue weighted by molar-refractivity contribution is 5.95. The first-order chi connectivity index (χ1) is 11.5. The first-order valence-electron chi connectivity index (χ1n) is 7.59. The van der Waals surface area contributed by atoms with E-state index in [0.717, 1.165) is 6.54 Å². The molecule has 2 N–H and O–H groups in total. The van der Waals surface area contributed by atoms with Crippen molar-refractivity contribution in [2.24, 2.45) is 0 Å². The number of carbonyl (C=O) groups is 2. The number of nitrogens with zero attached hydrogens (tertiary/aromatic N) is 3. The Bertz CT molecular complexity index is 730. The Labute approximate surface area is 141 Å². The maximum Gasteiger partial charge on any atom is 0.270 e. The van der Waals surface area contributed by atoms with E-state index < -0.39 is 0 Å². The molecule has 0 spiro atoms. The second-order valence-corrected chi connectivity index (χ2v) is 5.59. The summed E-state index contributed by atoms with van der Waals surface area (Å²) in [6, 6.07) is 8.59. The van der Waals surface area contributed by atoms with Crippen LogP contribution in [0.1, 0.15) is 27.8 Å². The Kier molecular flexibility index (Phi) is 5.97. The molecule has 24 heavy (non-hydrogen) atoms. The third kappa shape index (κ3) is 5.13. The van der Waals surface area contributed by atoms with Gasteiger partial charge in [0.15, 0.2) is 5.78 Å². The minimum Gasteiger partial charge on any atom is -0.349 e. The molecule has 0 bridgehead atoms. The molecule has 0 radical (unpaired) electrons. The SMILES string of the molecule is CC(=O)c1cccc(Nc2nccc(C(=O)NCCN(C)C)n2)c1. The van der Waals surface area contributed by atoms with E-state index in [0.29, 0.717) is 23.7 Å². The minimum absolute atomic E-state index is 0.0198. The summed E-state index contributed by atoms with van der Waals surface area (Å²) in [4.78, 5) is 33.8. The Morgan fingerprint density at radius 1 is 1.21 bits per heavy atom. The van der Waals surface area contributed by atoms with E-state index in [2.05, 4.69) is 20.6 Å². The second kappa shape index (κ2) is 8.16. The maximum absolute atomic E-state index is 12.1. The monoisotopic (exact) mass is 327 g/mol. The zero-order valence-electron chi connectivity index (χ0n) is 14.0. The Morgan fingerprint density at radius 3 is 2.71 bits per heavy atom. The predicted molar refractivity (Wildman–Crippen MR) is 92.6 cm³/mol. The number of rotatable bonds is 7. The van der Waals surface area contributed by atoms with Crippen molar-refractivity contribution >= 4 is 23.3 Å². The third-order valence-electron chi connectivity index (χ3n) is 3.26. The summed E-state index contributed by atoms with van der Waals surface area (Å²) in [6.07, 6.45) is 1.52. The van der Waals surface area contributed by atoms with Crippen molar-refractivity contribution in [3.63, 3.8) is 0 Å². The number of benzene rings is 1. The fourth-order valence-corrected chi connectivity index (χ4v) is 1.97. The molecule has 0 aliphatic carbocycles. The second-order valence-electron chi connectivity index (χ2n) is 5.59. The van der Waals surface area contributed by atoms with Gasteiger partial charge < -0.3 is 15.5 Å². The smallest absolute Gasteiger partial charge is 0.270 e. The van der Waals surface area contributed by atoms with Crippen molar-refractivity contribution in [2.75, 3.05) is 32.5 Å². The molecule has 2 rings (SSSR count). The summed E-state index contributed by atoms with van der Waals surface area (Å²) < 4.78 is 0. The molecular weight excluding hydrogens is 306 g/mol. The highest BCUT2D eigenvalue weighted by Crippen LogP contribution is 2.15. The van der Waals surface area contributed by atoms with Gasteiger partial charge in [-0.3, -0.25) is 9.59 Å². The lowest BCUT2D eigenvalue weighted by Crippen LogP contribution is -2.31. The molecule has 7 nitrogen and oxygen atoms in total. The summed E-state index contributed by atoms with van der Waals surface area (Å²) in [5.41, 5.74) is 1.57. The van der Waals surface area contributed by atoms with Crippen molar-refractivity contribution in [3.8, 4) is 0 Å². The number of anilines is 2. The Hall–Kier alpha value is -2.80. The van der Waals surface area contributed by atoms with Gasteiger partial charge in [0, 0.05) is 30.5 Å². The molecule has 0 aliphatic heterocycles. The molecule has 1 aromatic heterocycles. The fraction of sp³-hybridized carbons (Fsp3) is 0.294. The van der Waals surface area contributed by atoms with Gasteiger partial charge in [-0.05, 0) is 39.2 Å². The van der Waals surface area contributed by atoms with E-state index in [-0.39, 0.29) is 17.4 Å². The normalized spacial score (nSPS) is 10.5. The van der Waals surface area contributed by atoms with Gasteiger partial charge in [-0.25, -0.2) is 9.97 Å². The average molecular weight is 327 g/mol. The molecule has 1 amide bonds.